The molecule has 0 aromatic heterocycles. The van der Waals surface area contributed by atoms with Crippen molar-refractivity contribution in [1.29, 1.82) is 0 Å². The summed E-state index contributed by atoms with van der Waals surface area (Å²) in [5.74, 6) is 0.311. The molecule has 1 aliphatic carbocycles. The first-order valence-corrected chi connectivity index (χ1v) is 6.27. The van der Waals surface area contributed by atoms with Gasteiger partial charge in [-0.05, 0) is 25.3 Å². The summed E-state index contributed by atoms with van der Waals surface area (Å²) in [6, 6.07) is 4.93. The Morgan fingerprint density at radius 2 is 2.11 bits per heavy atom. The van der Waals surface area contributed by atoms with Crippen LogP contribution in [0.25, 0.3) is 0 Å². The molecule has 0 amide bonds. The van der Waals surface area contributed by atoms with Gasteiger partial charge in [0.2, 0.25) is 0 Å². The van der Waals surface area contributed by atoms with Crippen LogP contribution < -0.4 is 10.1 Å². The van der Waals surface area contributed by atoms with Crippen LogP contribution in [0.3, 0.4) is 0 Å². The number of hydrogen-bond donors (Lipinski definition) is 1. The first-order valence-electron chi connectivity index (χ1n) is 6.27. The van der Waals surface area contributed by atoms with Crippen molar-refractivity contribution in [1.82, 2.24) is 5.32 Å². The van der Waals surface area contributed by atoms with Gasteiger partial charge in [-0.1, -0.05) is 6.07 Å². The minimum atomic E-state index is -0.234. The van der Waals surface area contributed by atoms with Gasteiger partial charge in [-0.15, -0.1) is 0 Å². The molecular formula is C14H20FNO2. The number of halogens is 1. The molecule has 0 heterocycles. The maximum atomic E-state index is 13.7. The van der Waals surface area contributed by atoms with Gasteiger partial charge in [0.1, 0.15) is 11.6 Å². The molecule has 0 radical (unpaired) electrons. The molecule has 0 unspecified atom stereocenters. The van der Waals surface area contributed by atoms with Crippen LogP contribution in [-0.2, 0) is 11.3 Å². The van der Waals surface area contributed by atoms with Gasteiger partial charge in [-0.3, -0.25) is 0 Å². The number of nitrogens with one attached hydrogen (secondary N) is 1. The number of benzene rings is 1. The van der Waals surface area contributed by atoms with Crippen molar-refractivity contribution in [3.8, 4) is 5.75 Å². The van der Waals surface area contributed by atoms with Crippen LogP contribution in [0, 0.1) is 5.82 Å². The Bertz CT molecular complexity index is 399. The lowest BCUT2D eigenvalue weighted by atomic mass is 9.80. The monoisotopic (exact) mass is 253 g/mol. The van der Waals surface area contributed by atoms with E-state index in [2.05, 4.69) is 5.32 Å². The zero-order valence-electron chi connectivity index (χ0n) is 11.0. The van der Waals surface area contributed by atoms with Gasteiger partial charge in [0.25, 0.3) is 0 Å². The average Bonchev–Trinajstić information content (AvgIpc) is 2.34. The second-order valence-corrected chi connectivity index (χ2v) is 4.80. The molecule has 4 heteroatoms. The third-order valence-electron chi connectivity index (χ3n) is 3.72. The minimum absolute atomic E-state index is 0.0249. The fourth-order valence-corrected chi connectivity index (χ4v) is 2.25. The van der Waals surface area contributed by atoms with E-state index in [1.165, 1.54) is 19.6 Å². The van der Waals surface area contributed by atoms with Gasteiger partial charge in [-0.2, -0.15) is 0 Å². The van der Waals surface area contributed by atoms with Crippen molar-refractivity contribution in [3.63, 3.8) is 0 Å². The maximum absolute atomic E-state index is 13.7. The molecule has 1 aromatic rings. The van der Waals surface area contributed by atoms with Crippen molar-refractivity contribution in [2.45, 2.75) is 31.4 Å². The van der Waals surface area contributed by atoms with Gasteiger partial charge in [-0.25, -0.2) is 4.39 Å². The molecule has 0 spiro atoms. The second-order valence-electron chi connectivity index (χ2n) is 4.80. The lowest BCUT2D eigenvalue weighted by molar-refractivity contribution is -0.0695. The highest BCUT2D eigenvalue weighted by molar-refractivity contribution is 5.28. The molecule has 0 bridgehead atoms. The van der Waals surface area contributed by atoms with E-state index in [-0.39, 0.29) is 11.4 Å². The topological polar surface area (TPSA) is 30.5 Å². The van der Waals surface area contributed by atoms with Gasteiger partial charge in [0.15, 0.2) is 0 Å². The average molecular weight is 253 g/mol. The summed E-state index contributed by atoms with van der Waals surface area (Å²) >= 11 is 0. The lowest BCUT2D eigenvalue weighted by Crippen LogP contribution is -2.47. The van der Waals surface area contributed by atoms with E-state index in [9.17, 15) is 4.39 Å². The molecule has 0 saturated heterocycles. The molecule has 1 aromatic carbocycles. The summed E-state index contributed by atoms with van der Waals surface area (Å²) in [6.07, 6.45) is 3.38. The summed E-state index contributed by atoms with van der Waals surface area (Å²) in [7, 11) is 3.28. The second kappa shape index (κ2) is 5.67. The summed E-state index contributed by atoms with van der Waals surface area (Å²) in [4.78, 5) is 0. The molecule has 1 saturated carbocycles. The van der Waals surface area contributed by atoms with Crippen LogP contribution in [0.15, 0.2) is 18.2 Å². The molecule has 3 nitrogen and oxygen atoms in total. The van der Waals surface area contributed by atoms with Crippen LogP contribution >= 0.6 is 0 Å². The van der Waals surface area contributed by atoms with Crippen LogP contribution in [0.5, 0.6) is 5.75 Å². The molecule has 100 valence electrons. The lowest BCUT2D eigenvalue weighted by Gasteiger charge is -2.40. The van der Waals surface area contributed by atoms with Gasteiger partial charge in [0, 0.05) is 31.8 Å². The molecule has 1 fully saturated rings. The Kier molecular flexibility index (Phi) is 4.19. The highest BCUT2D eigenvalue weighted by Gasteiger charge is 2.36. The molecule has 1 aliphatic rings. The first-order chi connectivity index (χ1) is 8.69. The third kappa shape index (κ3) is 2.82. The molecular weight excluding hydrogens is 233 g/mol. The van der Waals surface area contributed by atoms with Gasteiger partial charge < -0.3 is 14.8 Å². The van der Waals surface area contributed by atoms with Gasteiger partial charge in [0.05, 0.1) is 12.7 Å². The predicted molar refractivity (Wildman–Crippen MR) is 68.2 cm³/mol. The predicted octanol–water partition coefficient (Wildman–Crippen LogP) is 2.49. The van der Waals surface area contributed by atoms with E-state index in [0.717, 1.165) is 19.4 Å². The van der Waals surface area contributed by atoms with Crippen LogP contribution in [-0.4, -0.2) is 26.4 Å². The Hall–Kier alpha value is -1.13. The maximum Gasteiger partial charge on any atom is 0.131 e. The minimum Gasteiger partial charge on any atom is -0.497 e. The first kappa shape index (κ1) is 13.3. The quantitative estimate of drug-likeness (QED) is 0.845. The largest absolute Gasteiger partial charge is 0.497 e. The van der Waals surface area contributed by atoms with E-state index in [4.69, 9.17) is 9.47 Å². The highest BCUT2D eigenvalue weighted by Crippen LogP contribution is 2.34. The Labute approximate surface area is 107 Å². The van der Waals surface area contributed by atoms with E-state index in [1.54, 1.807) is 19.2 Å². The van der Waals surface area contributed by atoms with Crippen molar-refractivity contribution in [2.24, 2.45) is 0 Å². The number of hydrogen-bond acceptors (Lipinski definition) is 3. The van der Waals surface area contributed by atoms with Crippen LogP contribution in [0.2, 0.25) is 0 Å². The summed E-state index contributed by atoms with van der Waals surface area (Å²) in [5, 5.41) is 3.27. The Balaban J connectivity index is 1.86. The summed E-state index contributed by atoms with van der Waals surface area (Å²) in [6.45, 7) is 1.29. The zero-order chi connectivity index (χ0) is 13.0. The Morgan fingerprint density at radius 3 is 2.61 bits per heavy atom. The molecule has 0 atom stereocenters. The number of rotatable bonds is 6. The summed E-state index contributed by atoms with van der Waals surface area (Å²) in [5.41, 5.74) is 0.629. The standard InChI is InChI=1S/C14H20FNO2/c1-17-12-5-4-11(13(15)8-12)9-16-10-14(18-2)6-3-7-14/h4-5,8,16H,3,6-7,9-10H2,1-2H3. The van der Waals surface area contributed by atoms with E-state index < -0.39 is 0 Å². The number of methoxy groups -OCH3 is 2. The molecule has 2 rings (SSSR count). The van der Waals surface area contributed by atoms with E-state index in [1.807, 2.05) is 0 Å². The number of ether oxygens (including phenoxy) is 2. The normalized spacial score (nSPS) is 17.3. The van der Waals surface area contributed by atoms with Crippen LogP contribution in [0.4, 0.5) is 4.39 Å². The molecule has 0 aliphatic heterocycles. The van der Waals surface area contributed by atoms with Crippen molar-refractivity contribution in [2.75, 3.05) is 20.8 Å². The van der Waals surface area contributed by atoms with Crippen molar-refractivity contribution in [3.05, 3.63) is 29.6 Å². The van der Waals surface area contributed by atoms with Crippen molar-refractivity contribution >= 4 is 0 Å². The Morgan fingerprint density at radius 1 is 1.33 bits per heavy atom. The fourth-order valence-electron chi connectivity index (χ4n) is 2.25. The van der Waals surface area contributed by atoms with E-state index in [0.29, 0.717) is 17.9 Å². The third-order valence-corrected chi connectivity index (χ3v) is 3.72. The highest BCUT2D eigenvalue weighted by atomic mass is 19.1. The smallest absolute Gasteiger partial charge is 0.131 e. The molecule has 18 heavy (non-hydrogen) atoms. The SMILES string of the molecule is COc1ccc(CNCC2(OC)CCC2)c(F)c1. The van der Waals surface area contributed by atoms with E-state index >= 15 is 0 Å². The van der Waals surface area contributed by atoms with Gasteiger partial charge >= 0.3 is 0 Å². The van der Waals surface area contributed by atoms with Crippen LogP contribution in [0.1, 0.15) is 24.8 Å². The summed E-state index contributed by atoms with van der Waals surface area (Å²) < 4.78 is 24.2. The molecule has 1 N–H and O–H groups in total. The fraction of sp³-hybridized carbons (Fsp3) is 0.571. The zero-order valence-corrected chi connectivity index (χ0v) is 11.0. The van der Waals surface area contributed by atoms with Crippen molar-refractivity contribution < 1.29 is 13.9 Å².